The van der Waals surface area contributed by atoms with E-state index in [0.29, 0.717) is 5.56 Å². The Kier molecular flexibility index (Phi) is 2.58. The number of fused-ring (bicyclic) bond motifs is 1. The van der Waals surface area contributed by atoms with E-state index < -0.39 is 0 Å². The molecule has 0 amide bonds. The summed E-state index contributed by atoms with van der Waals surface area (Å²) in [7, 11) is 0. The average molecular weight is 250 g/mol. The average Bonchev–Trinajstić information content (AvgIpc) is 2.81. The van der Waals surface area contributed by atoms with Crippen molar-refractivity contribution >= 4 is 21.6 Å². The van der Waals surface area contributed by atoms with Crippen molar-refractivity contribution in [2.24, 2.45) is 0 Å². The molecule has 3 heteroatoms. The van der Waals surface area contributed by atoms with Crippen molar-refractivity contribution in [3.63, 3.8) is 0 Å². The van der Waals surface area contributed by atoms with Gasteiger partial charge in [-0.1, -0.05) is 24.3 Å². The van der Waals surface area contributed by atoms with Crippen LogP contribution in [0.2, 0.25) is 0 Å². The van der Waals surface area contributed by atoms with Crippen molar-refractivity contribution < 1.29 is 0 Å². The van der Waals surface area contributed by atoms with Crippen LogP contribution in [0, 0.1) is 18.3 Å². The number of benzene rings is 2. The Hall–Kier alpha value is -2.18. The van der Waals surface area contributed by atoms with Crippen LogP contribution in [0.1, 0.15) is 11.1 Å². The highest BCUT2D eigenvalue weighted by Gasteiger charge is 2.09. The maximum absolute atomic E-state index is 9.13. The van der Waals surface area contributed by atoms with Crippen molar-refractivity contribution in [1.29, 1.82) is 5.26 Å². The maximum Gasteiger partial charge on any atom is 0.125 e. The highest BCUT2D eigenvalue weighted by Crippen LogP contribution is 2.32. The molecule has 0 unspecified atom stereocenters. The molecule has 0 N–H and O–H groups in total. The van der Waals surface area contributed by atoms with Gasteiger partial charge in [0.15, 0.2) is 0 Å². The Balaban J connectivity index is 2.23. The molecule has 18 heavy (non-hydrogen) atoms. The predicted octanol–water partition coefficient (Wildman–Crippen LogP) is 4.14. The molecule has 0 fully saturated rings. The minimum Gasteiger partial charge on any atom is -0.236 e. The second-order valence-corrected chi connectivity index (χ2v) is 5.18. The molecule has 2 aromatic carbocycles. The SMILES string of the molecule is Cc1ccc2nc(-c3ccccc3C#N)sc2c1. The third-order valence-electron chi connectivity index (χ3n) is 2.82. The summed E-state index contributed by atoms with van der Waals surface area (Å²) in [4.78, 5) is 4.60. The van der Waals surface area contributed by atoms with Gasteiger partial charge in [0, 0.05) is 5.56 Å². The molecule has 0 bridgehead atoms. The number of nitriles is 1. The fourth-order valence-electron chi connectivity index (χ4n) is 1.91. The summed E-state index contributed by atoms with van der Waals surface area (Å²) in [5.41, 5.74) is 3.81. The van der Waals surface area contributed by atoms with Crippen molar-refractivity contribution in [3.8, 4) is 16.6 Å². The number of hydrogen-bond acceptors (Lipinski definition) is 3. The topological polar surface area (TPSA) is 36.7 Å². The molecule has 0 saturated carbocycles. The second-order valence-electron chi connectivity index (χ2n) is 4.15. The summed E-state index contributed by atoms with van der Waals surface area (Å²) < 4.78 is 1.16. The zero-order chi connectivity index (χ0) is 12.5. The Morgan fingerprint density at radius 3 is 2.83 bits per heavy atom. The van der Waals surface area contributed by atoms with Gasteiger partial charge in [0.05, 0.1) is 21.8 Å². The zero-order valence-corrected chi connectivity index (χ0v) is 10.7. The van der Waals surface area contributed by atoms with E-state index in [4.69, 9.17) is 5.26 Å². The lowest BCUT2D eigenvalue weighted by Crippen LogP contribution is -1.81. The van der Waals surface area contributed by atoms with Gasteiger partial charge in [0.25, 0.3) is 0 Å². The summed E-state index contributed by atoms with van der Waals surface area (Å²) in [5.74, 6) is 0. The van der Waals surface area contributed by atoms with Crippen LogP contribution in [-0.2, 0) is 0 Å². The highest BCUT2D eigenvalue weighted by molar-refractivity contribution is 7.21. The molecular weight excluding hydrogens is 240 g/mol. The molecule has 0 saturated heterocycles. The molecule has 1 aromatic heterocycles. The maximum atomic E-state index is 9.13. The van der Waals surface area contributed by atoms with Crippen LogP contribution < -0.4 is 0 Å². The summed E-state index contributed by atoms with van der Waals surface area (Å²) >= 11 is 1.63. The van der Waals surface area contributed by atoms with E-state index in [1.165, 1.54) is 5.56 Å². The van der Waals surface area contributed by atoms with Crippen LogP contribution in [-0.4, -0.2) is 4.98 Å². The Morgan fingerprint density at radius 1 is 1.17 bits per heavy atom. The fourth-order valence-corrected chi connectivity index (χ4v) is 3.02. The van der Waals surface area contributed by atoms with Crippen molar-refractivity contribution in [2.45, 2.75) is 6.92 Å². The molecule has 2 nitrogen and oxygen atoms in total. The Morgan fingerprint density at radius 2 is 2.00 bits per heavy atom. The largest absolute Gasteiger partial charge is 0.236 e. The lowest BCUT2D eigenvalue weighted by Gasteiger charge is -1.97. The van der Waals surface area contributed by atoms with E-state index in [-0.39, 0.29) is 0 Å². The molecule has 1 heterocycles. The Bertz CT molecular complexity index is 766. The number of aryl methyl sites for hydroxylation is 1. The molecule has 0 aliphatic carbocycles. The van der Waals surface area contributed by atoms with Crippen LogP contribution in [0.5, 0.6) is 0 Å². The van der Waals surface area contributed by atoms with Crippen LogP contribution >= 0.6 is 11.3 Å². The van der Waals surface area contributed by atoms with E-state index in [0.717, 1.165) is 20.8 Å². The van der Waals surface area contributed by atoms with Crippen LogP contribution in [0.3, 0.4) is 0 Å². The van der Waals surface area contributed by atoms with Gasteiger partial charge in [-0.05, 0) is 30.7 Å². The number of hydrogen-bond donors (Lipinski definition) is 0. The molecule has 0 aliphatic rings. The van der Waals surface area contributed by atoms with Gasteiger partial charge < -0.3 is 0 Å². The first-order chi connectivity index (χ1) is 8.78. The first kappa shape index (κ1) is 10.9. The normalized spacial score (nSPS) is 10.4. The lowest BCUT2D eigenvalue weighted by molar-refractivity contribution is 1.43. The summed E-state index contributed by atoms with van der Waals surface area (Å²) in [6, 6.07) is 16.0. The first-order valence-corrected chi connectivity index (χ1v) is 6.46. The van der Waals surface area contributed by atoms with E-state index in [1.807, 2.05) is 30.3 Å². The highest BCUT2D eigenvalue weighted by atomic mass is 32.1. The van der Waals surface area contributed by atoms with Crippen LogP contribution in [0.15, 0.2) is 42.5 Å². The van der Waals surface area contributed by atoms with E-state index in [9.17, 15) is 0 Å². The molecule has 3 rings (SSSR count). The van der Waals surface area contributed by atoms with Gasteiger partial charge in [-0.3, -0.25) is 0 Å². The third-order valence-corrected chi connectivity index (χ3v) is 3.87. The molecule has 0 aliphatic heterocycles. The number of nitrogens with zero attached hydrogens (tertiary/aromatic N) is 2. The quantitative estimate of drug-likeness (QED) is 0.650. The molecule has 3 aromatic rings. The van der Waals surface area contributed by atoms with Crippen molar-refractivity contribution in [1.82, 2.24) is 4.98 Å². The summed E-state index contributed by atoms with van der Waals surface area (Å²) in [6.45, 7) is 2.07. The summed E-state index contributed by atoms with van der Waals surface area (Å²) in [5, 5.41) is 10.0. The van der Waals surface area contributed by atoms with Gasteiger partial charge >= 0.3 is 0 Å². The molecule has 0 radical (unpaired) electrons. The Labute approximate surface area is 109 Å². The van der Waals surface area contributed by atoms with Gasteiger partial charge in [-0.2, -0.15) is 5.26 Å². The van der Waals surface area contributed by atoms with Gasteiger partial charge in [0.2, 0.25) is 0 Å². The standard InChI is InChI=1S/C15H10N2S/c1-10-6-7-13-14(8-10)18-15(17-13)12-5-3-2-4-11(12)9-16/h2-8H,1H3. The number of aromatic nitrogens is 1. The summed E-state index contributed by atoms with van der Waals surface area (Å²) in [6.07, 6.45) is 0. The molecule has 86 valence electrons. The van der Waals surface area contributed by atoms with Crippen LogP contribution in [0.4, 0.5) is 0 Å². The zero-order valence-electron chi connectivity index (χ0n) is 9.84. The molecule has 0 spiro atoms. The van der Waals surface area contributed by atoms with E-state index in [1.54, 1.807) is 11.3 Å². The monoisotopic (exact) mass is 250 g/mol. The van der Waals surface area contributed by atoms with Crippen LogP contribution in [0.25, 0.3) is 20.8 Å². The van der Waals surface area contributed by atoms with E-state index >= 15 is 0 Å². The second kappa shape index (κ2) is 4.25. The van der Waals surface area contributed by atoms with E-state index in [2.05, 4.69) is 30.1 Å². The molecular formula is C15H10N2S. The van der Waals surface area contributed by atoms with Gasteiger partial charge in [-0.15, -0.1) is 11.3 Å². The predicted molar refractivity (Wildman–Crippen MR) is 74.5 cm³/mol. The molecule has 0 atom stereocenters. The fraction of sp³-hybridized carbons (Fsp3) is 0.0667. The third kappa shape index (κ3) is 1.77. The van der Waals surface area contributed by atoms with Crippen molar-refractivity contribution in [3.05, 3.63) is 53.6 Å². The number of thiazole rings is 1. The first-order valence-electron chi connectivity index (χ1n) is 5.64. The van der Waals surface area contributed by atoms with Gasteiger partial charge in [-0.25, -0.2) is 4.98 Å². The van der Waals surface area contributed by atoms with Crippen molar-refractivity contribution in [2.75, 3.05) is 0 Å². The smallest absolute Gasteiger partial charge is 0.125 e. The number of rotatable bonds is 1. The lowest BCUT2D eigenvalue weighted by atomic mass is 10.1. The minimum atomic E-state index is 0.674. The van der Waals surface area contributed by atoms with Gasteiger partial charge in [0.1, 0.15) is 5.01 Å². The minimum absolute atomic E-state index is 0.674.